The molecule has 0 aliphatic carbocycles. The molecule has 1 heterocycles. The van der Waals surface area contributed by atoms with E-state index in [1.807, 2.05) is 5.32 Å². The van der Waals surface area contributed by atoms with Gasteiger partial charge in [0.25, 0.3) is 0 Å². The molecule has 1 aromatic rings. The van der Waals surface area contributed by atoms with Gasteiger partial charge in [-0.25, -0.2) is 13.6 Å². The highest BCUT2D eigenvalue weighted by molar-refractivity contribution is 5.92. The van der Waals surface area contributed by atoms with Gasteiger partial charge in [-0.1, -0.05) is 6.07 Å². The number of rotatable bonds is 2. The van der Waals surface area contributed by atoms with Crippen molar-refractivity contribution in [1.82, 2.24) is 10.6 Å². The topological polar surface area (TPSA) is 81.3 Å². The number of hydrogen-bond donors (Lipinski definition) is 2. The summed E-state index contributed by atoms with van der Waals surface area (Å²) in [5, 5.41) is 14.9. The molecule has 1 aromatic carbocycles. The van der Waals surface area contributed by atoms with Gasteiger partial charge in [0.1, 0.15) is 11.6 Å². The lowest BCUT2D eigenvalue weighted by Gasteiger charge is -2.24. The monoisotopic (exact) mass is 253 g/mol. The number of urea groups is 1. The first-order valence-electron chi connectivity index (χ1n) is 4.93. The summed E-state index contributed by atoms with van der Waals surface area (Å²) in [5.74, 6) is -3.23. The average Bonchev–Trinajstić information content (AvgIpc) is 2.27. The predicted octanol–water partition coefficient (Wildman–Crippen LogP) is -0.0475. The molecule has 1 aliphatic heterocycles. The Kier molecular flexibility index (Phi) is 2.97. The Morgan fingerprint density at radius 2 is 2.06 bits per heavy atom. The molecular weight excluding hydrogens is 246 g/mol. The van der Waals surface area contributed by atoms with Crippen LogP contribution in [0.4, 0.5) is 13.6 Å². The van der Waals surface area contributed by atoms with Crippen LogP contribution in [-0.2, 0) is 4.79 Å². The molecule has 0 fully saturated rings. The molecule has 1 atom stereocenters. The van der Waals surface area contributed by atoms with Crippen LogP contribution in [0.15, 0.2) is 30.0 Å². The highest BCUT2D eigenvalue weighted by Crippen LogP contribution is 2.21. The Bertz CT molecular complexity index is 557. The van der Waals surface area contributed by atoms with Gasteiger partial charge < -0.3 is 20.5 Å². The van der Waals surface area contributed by atoms with Gasteiger partial charge in [-0.15, -0.1) is 0 Å². The molecule has 7 heteroatoms. The van der Waals surface area contributed by atoms with Crippen LogP contribution in [0, 0.1) is 11.6 Å². The number of carboxylic acids is 1. The Balaban J connectivity index is 2.40. The number of carboxylic acid groups (broad SMARTS) is 1. The first-order valence-corrected chi connectivity index (χ1v) is 4.93. The van der Waals surface area contributed by atoms with Gasteiger partial charge in [-0.05, 0) is 12.1 Å². The van der Waals surface area contributed by atoms with Crippen molar-refractivity contribution in [2.45, 2.75) is 6.04 Å². The average molecular weight is 253 g/mol. The molecule has 1 aliphatic rings. The minimum Gasteiger partial charge on any atom is -0.543 e. The van der Waals surface area contributed by atoms with E-state index in [-0.39, 0.29) is 5.56 Å². The maximum absolute atomic E-state index is 13.5. The summed E-state index contributed by atoms with van der Waals surface area (Å²) in [6.45, 7) is 0. The molecule has 0 saturated carbocycles. The smallest absolute Gasteiger partial charge is 0.320 e. The highest BCUT2D eigenvalue weighted by atomic mass is 19.1. The molecule has 0 radical (unpaired) electrons. The van der Waals surface area contributed by atoms with E-state index in [1.54, 1.807) is 0 Å². The number of nitrogens with one attached hydrogen (secondary N) is 2. The normalized spacial score (nSPS) is 18.7. The van der Waals surface area contributed by atoms with E-state index in [0.717, 1.165) is 18.2 Å². The number of hydrogen-bond acceptors (Lipinski definition) is 3. The Hall–Kier alpha value is -2.44. The minimum atomic E-state index is -1.59. The SMILES string of the molecule is O=C1NC(C(=O)[O-])=C[C@H](c2ccc(F)cc2F)N1. The third-order valence-corrected chi connectivity index (χ3v) is 2.39. The van der Waals surface area contributed by atoms with Gasteiger partial charge in [-0.2, -0.15) is 0 Å². The van der Waals surface area contributed by atoms with Gasteiger partial charge in [-0.3, -0.25) is 0 Å². The molecule has 18 heavy (non-hydrogen) atoms. The van der Waals surface area contributed by atoms with Gasteiger partial charge >= 0.3 is 6.03 Å². The molecule has 2 N–H and O–H groups in total. The van der Waals surface area contributed by atoms with E-state index in [2.05, 4.69) is 5.32 Å². The zero-order chi connectivity index (χ0) is 13.3. The Morgan fingerprint density at radius 3 is 2.67 bits per heavy atom. The van der Waals surface area contributed by atoms with Gasteiger partial charge in [0.05, 0.1) is 17.7 Å². The second-order valence-electron chi connectivity index (χ2n) is 3.61. The maximum atomic E-state index is 13.5. The third-order valence-electron chi connectivity index (χ3n) is 2.39. The third kappa shape index (κ3) is 2.29. The van der Waals surface area contributed by atoms with E-state index >= 15 is 0 Å². The van der Waals surface area contributed by atoms with Crippen LogP contribution in [-0.4, -0.2) is 12.0 Å². The molecule has 94 valence electrons. The van der Waals surface area contributed by atoms with Crippen molar-refractivity contribution in [3.8, 4) is 0 Å². The van der Waals surface area contributed by atoms with Crippen LogP contribution >= 0.6 is 0 Å². The van der Waals surface area contributed by atoms with Crippen LogP contribution in [0.5, 0.6) is 0 Å². The van der Waals surface area contributed by atoms with Gasteiger partial charge in [0.15, 0.2) is 0 Å². The highest BCUT2D eigenvalue weighted by Gasteiger charge is 2.22. The fraction of sp³-hybridized carbons (Fsp3) is 0.0909. The molecular formula is C11H7F2N2O3-. The molecule has 5 nitrogen and oxygen atoms in total. The number of halogens is 2. The molecule has 2 rings (SSSR count). The van der Waals surface area contributed by atoms with Crippen LogP contribution in [0.2, 0.25) is 0 Å². The number of amides is 2. The van der Waals surface area contributed by atoms with Gasteiger partial charge in [0, 0.05) is 11.6 Å². The van der Waals surface area contributed by atoms with E-state index < -0.39 is 35.4 Å². The lowest BCUT2D eigenvalue weighted by molar-refractivity contribution is -0.299. The van der Waals surface area contributed by atoms with Crippen LogP contribution < -0.4 is 15.7 Å². The largest absolute Gasteiger partial charge is 0.543 e. The zero-order valence-corrected chi connectivity index (χ0v) is 8.87. The summed E-state index contributed by atoms with van der Waals surface area (Å²) < 4.78 is 26.2. The summed E-state index contributed by atoms with van der Waals surface area (Å²) in [4.78, 5) is 21.8. The number of carbonyl (C=O) groups is 2. The summed E-state index contributed by atoms with van der Waals surface area (Å²) in [6, 6.07) is 0.997. The van der Waals surface area contributed by atoms with Crippen molar-refractivity contribution in [2.75, 3.05) is 0 Å². The predicted molar refractivity (Wildman–Crippen MR) is 53.9 cm³/mol. The van der Waals surface area contributed by atoms with Crippen molar-refractivity contribution < 1.29 is 23.5 Å². The summed E-state index contributed by atoms with van der Waals surface area (Å²) in [6.07, 6.45) is 1.08. The van der Waals surface area contributed by atoms with Crippen LogP contribution in [0.3, 0.4) is 0 Å². The first kappa shape index (κ1) is 12.0. The quantitative estimate of drug-likeness (QED) is 0.775. The van der Waals surface area contributed by atoms with Crippen LogP contribution in [0.25, 0.3) is 0 Å². The molecule has 0 aromatic heterocycles. The van der Waals surface area contributed by atoms with Crippen molar-refractivity contribution in [2.24, 2.45) is 0 Å². The van der Waals surface area contributed by atoms with Gasteiger partial charge in [0.2, 0.25) is 0 Å². The Labute approximate surface area is 100 Å². The minimum absolute atomic E-state index is 0.0370. The molecule has 2 amide bonds. The van der Waals surface area contributed by atoms with Crippen molar-refractivity contribution >= 4 is 12.0 Å². The second-order valence-corrected chi connectivity index (χ2v) is 3.61. The molecule has 0 spiro atoms. The lowest BCUT2D eigenvalue weighted by Crippen LogP contribution is -2.46. The fourth-order valence-electron chi connectivity index (χ4n) is 1.59. The fourth-order valence-corrected chi connectivity index (χ4v) is 1.59. The van der Waals surface area contributed by atoms with E-state index in [4.69, 9.17) is 0 Å². The number of aliphatic carboxylic acids is 1. The zero-order valence-electron chi connectivity index (χ0n) is 8.87. The molecule has 0 bridgehead atoms. The first-order chi connectivity index (χ1) is 8.47. The van der Waals surface area contributed by atoms with E-state index in [1.165, 1.54) is 0 Å². The van der Waals surface area contributed by atoms with Crippen LogP contribution in [0.1, 0.15) is 11.6 Å². The van der Waals surface area contributed by atoms with Crippen molar-refractivity contribution in [1.29, 1.82) is 0 Å². The number of carbonyl (C=O) groups excluding carboxylic acids is 2. The van der Waals surface area contributed by atoms with E-state index in [0.29, 0.717) is 6.07 Å². The lowest BCUT2D eigenvalue weighted by atomic mass is 10.0. The van der Waals surface area contributed by atoms with E-state index in [9.17, 15) is 23.5 Å². The van der Waals surface area contributed by atoms with Crippen molar-refractivity contribution in [3.63, 3.8) is 0 Å². The maximum Gasteiger partial charge on any atom is 0.320 e. The second kappa shape index (κ2) is 4.44. The standard InChI is InChI=1S/C11H8F2N2O3/c12-5-1-2-6(7(13)3-5)8-4-9(10(16)17)15-11(18)14-8/h1-4,8H,(H,16,17)(H2,14,15,18)/p-1/t8-/m1/s1. The number of benzene rings is 1. The molecule has 0 unspecified atom stereocenters. The van der Waals surface area contributed by atoms with Crippen molar-refractivity contribution in [3.05, 3.63) is 47.2 Å². The summed E-state index contributed by atoms with van der Waals surface area (Å²) in [5.41, 5.74) is -0.502. The molecule has 0 saturated heterocycles. The Morgan fingerprint density at radius 1 is 1.33 bits per heavy atom. The summed E-state index contributed by atoms with van der Waals surface area (Å²) in [7, 11) is 0. The summed E-state index contributed by atoms with van der Waals surface area (Å²) >= 11 is 0.